The Bertz CT molecular complexity index is 573. The summed E-state index contributed by atoms with van der Waals surface area (Å²) in [6.07, 6.45) is 1.50. The van der Waals surface area contributed by atoms with Crippen molar-refractivity contribution < 1.29 is 0 Å². The molecule has 0 bridgehead atoms. The van der Waals surface area contributed by atoms with E-state index in [-0.39, 0.29) is 0 Å². The fraction of sp³-hybridized carbons (Fsp3) is 0.0909. The lowest BCUT2D eigenvalue weighted by atomic mass is 10.3. The second kappa shape index (κ2) is 5.17. The van der Waals surface area contributed by atoms with Crippen LogP contribution < -0.4 is 11.1 Å². The molecule has 4 nitrogen and oxygen atoms in total. The number of thiophene rings is 1. The lowest BCUT2D eigenvalue weighted by Crippen LogP contribution is -2.03. The number of anilines is 2. The zero-order valence-corrected chi connectivity index (χ0v) is 11.2. The maximum absolute atomic E-state index is 8.69. The fourth-order valence-electron chi connectivity index (χ4n) is 1.31. The van der Waals surface area contributed by atoms with Crippen LogP contribution in [0.15, 0.2) is 28.2 Å². The van der Waals surface area contributed by atoms with Crippen molar-refractivity contribution in [1.82, 2.24) is 4.98 Å². The highest BCUT2D eigenvalue weighted by atomic mass is 79.9. The first kappa shape index (κ1) is 11.9. The van der Waals surface area contributed by atoms with Crippen LogP contribution in [-0.2, 0) is 6.54 Å². The predicted molar refractivity (Wildman–Crippen MR) is 72.7 cm³/mol. The third-order valence-electron chi connectivity index (χ3n) is 2.11. The number of nitrogen functional groups attached to an aromatic ring is 1. The van der Waals surface area contributed by atoms with Crippen molar-refractivity contribution in [2.75, 3.05) is 11.1 Å². The molecule has 2 rings (SSSR count). The van der Waals surface area contributed by atoms with E-state index >= 15 is 0 Å². The summed E-state index contributed by atoms with van der Waals surface area (Å²) in [5.74, 6) is 0.605. The van der Waals surface area contributed by atoms with Crippen LogP contribution in [0.1, 0.15) is 10.4 Å². The minimum atomic E-state index is 0.465. The van der Waals surface area contributed by atoms with Gasteiger partial charge in [0.05, 0.1) is 21.6 Å². The first-order valence-electron chi connectivity index (χ1n) is 4.83. The number of aromatic nitrogens is 1. The van der Waals surface area contributed by atoms with Crippen molar-refractivity contribution in [2.45, 2.75) is 6.54 Å². The number of nitrogens with two attached hydrogens (primary N) is 1. The molecule has 2 heterocycles. The molecule has 2 aromatic heterocycles. The van der Waals surface area contributed by atoms with Gasteiger partial charge < -0.3 is 11.1 Å². The van der Waals surface area contributed by atoms with Gasteiger partial charge in [0.2, 0.25) is 0 Å². The molecule has 0 amide bonds. The van der Waals surface area contributed by atoms with E-state index in [1.165, 1.54) is 11.1 Å². The molecule has 0 saturated heterocycles. The quantitative estimate of drug-likeness (QED) is 0.914. The Morgan fingerprint density at radius 3 is 2.94 bits per heavy atom. The van der Waals surface area contributed by atoms with Gasteiger partial charge in [0, 0.05) is 11.1 Å². The molecule has 0 atom stereocenters. The van der Waals surface area contributed by atoms with E-state index in [0.717, 1.165) is 3.79 Å². The van der Waals surface area contributed by atoms with E-state index in [9.17, 15) is 0 Å². The van der Waals surface area contributed by atoms with Crippen LogP contribution in [0.3, 0.4) is 0 Å². The Morgan fingerprint density at radius 2 is 2.35 bits per heavy atom. The normalized spacial score (nSPS) is 9.88. The highest BCUT2D eigenvalue weighted by Gasteiger charge is 2.03. The fourth-order valence-corrected chi connectivity index (χ4v) is 2.73. The average Bonchev–Trinajstić information content (AvgIpc) is 2.73. The van der Waals surface area contributed by atoms with E-state index in [0.29, 0.717) is 23.6 Å². The number of hydrogen-bond donors (Lipinski definition) is 2. The lowest BCUT2D eigenvalue weighted by molar-refractivity contribution is 1.14. The number of rotatable bonds is 3. The molecule has 0 aliphatic rings. The molecule has 0 radical (unpaired) electrons. The largest absolute Gasteiger partial charge is 0.396 e. The van der Waals surface area contributed by atoms with Crippen LogP contribution in [0.25, 0.3) is 0 Å². The highest BCUT2D eigenvalue weighted by molar-refractivity contribution is 9.11. The van der Waals surface area contributed by atoms with Crippen LogP contribution in [0.4, 0.5) is 11.5 Å². The summed E-state index contributed by atoms with van der Waals surface area (Å²) in [6, 6.07) is 7.64. The van der Waals surface area contributed by atoms with Gasteiger partial charge in [0.1, 0.15) is 11.9 Å². The van der Waals surface area contributed by atoms with Crippen molar-refractivity contribution in [3.05, 3.63) is 38.6 Å². The maximum atomic E-state index is 8.69. The van der Waals surface area contributed by atoms with E-state index in [4.69, 9.17) is 11.0 Å². The van der Waals surface area contributed by atoms with Crippen molar-refractivity contribution in [3.8, 4) is 6.07 Å². The topological polar surface area (TPSA) is 74.7 Å². The van der Waals surface area contributed by atoms with Crippen LogP contribution in [0.5, 0.6) is 0 Å². The third kappa shape index (κ3) is 2.96. The summed E-state index contributed by atoms with van der Waals surface area (Å²) in [7, 11) is 0. The minimum Gasteiger partial charge on any atom is -0.396 e. The Labute approximate surface area is 111 Å². The molecule has 0 saturated carbocycles. The molecule has 2 aromatic rings. The van der Waals surface area contributed by atoms with Crippen molar-refractivity contribution in [2.24, 2.45) is 0 Å². The molecular weight excluding hydrogens is 300 g/mol. The number of hydrogen-bond acceptors (Lipinski definition) is 5. The predicted octanol–water partition coefficient (Wildman–Crippen LogP) is 2.97. The second-order valence-electron chi connectivity index (χ2n) is 3.33. The Kier molecular flexibility index (Phi) is 3.61. The molecule has 17 heavy (non-hydrogen) atoms. The number of nitrogens with one attached hydrogen (secondary N) is 1. The third-order valence-corrected chi connectivity index (χ3v) is 3.73. The van der Waals surface area contributed by atoms with Gasteiger partial charge in [-0.1, -0.05) is 0 Å². The molecule has 0 aliphatic carbocycles. The summed E-state index contributed by atoms with van der Waals surface area (Å²) in [4.78, 5) is 5.29. The first-order valence-corrected chi connectivity index (χ1v) is 6.43. The monoisotopic (exact) mass is 308 g/mol. The van der Waals surface area contributed by atoms with E-state index in [1.807, 2.05) is 18.2 Å². The summed E-state index contributed by atoms with van der Waals surface area (Å²) in [6.45, 7) is 0.666. The van der Waals surface area contributed by atoms with Gasteiger partial charge in [0.15, 0.2) is 0 Å². The molecule has 0 unspecified atom stereocenters. The van der Waals surface area contributed by atoms with Crippen molar-refractivity contribution >= 4 is 38.8 Å². The van der Waals surface area contributed by atoms with Crippen molar-refractivity contribution in [3.63, 3.8) is 0 Å². The maximum Gasteiger partial charge on any atom is 0.149 e. The molecule has 0 aromatic carbocycles. The second-order valence-corrected chi connectivity index (χ2v) is 5.88. The van der Waals surface area contributed by atoms with Crippen LogP contribution in [0.2, 0.25) is 0 Å². The number of nitrogens with zero attached hydrogens (tertiary/aromatic N) is 2. The lowest BCUT2D eigenvalue weighted by Gasteiger charge is -2.06. The van der Waals surface area contributed by atoms with Gasteiger partial charge in [0.25, 0.3) is 0 Å². The number of pyridine rings is 1. The molecule has 6 heteroatoms. The van der Waals surface area contributed by atoms with E-state index < -0.39 is 0 Å². The Morgan fingerprint density at radius 1 is 1.53 bits per heavy atom. The average molecular weight is 309 g/mol. The van der Waals surface area contributed by atoms with Gasteiger partial charge in [-0.05, 0) is 34.1 Å². The molecule has 0 fully saturated rings. The molecule has 3 N–H and O–H groups in total. The van der Waals surface area contributed by atoms with Gasteiger partial charge >= 0.3 is 0 Å². The summed E-state index contributed by atoms with van der Waals surface area (Å²) >= 11 is 5.06. The molecule has 0 aliphatic heterocycles. The number of halogens is 1. The van der Waals surface area contributed by atoms with Crippen molar-refractivity contribution in [1.29, 1.82) is 5.26 Å². The molecule has 86 valence electrons. The standard InChI is InChI=1S/C11H9BrN4S/c12-10-2-1-8(17-10)6-16-11-9(14)3-7(4-13)5-15-11/h1-3,5H,6,14H2,(H,15,16). The SMILES string of the molecule is N#Cc1cnc(NCc2ccc(Br)s2)c(N)c1. The number of nitriles is 1. The van der Waals surface area contributed by atoms with Crippen LogP contribution in [-0.4, -0.2) is 4.98 Å². The smallest absolute Gasteiger partial charge is 0.149 e. The summed E-state index contributed by atoms with van der Waals surface area (Å²) < 4.78 is 1.09. The zero-order valence-electron chi connectivity index (χ0n) is 8.77. The highest BCUT2D eigenvalue weighted by Crippen LogP contribution is 2.23. The Hall–Kier alpha value is -1.58. The van der Waals surface area contributed by atoms with Gasteiger partial charge in [-0.25, -0.2) is 4.98 Å². The first-order chi connectivity index (χ1) is 8.19. The zero-order chi connectivity index (χ0) is 12.3. The Balaban J connectivity index is 2.07. The minimum absolute atomic E-state index is 0.465. The van der Waals surface area contributed by atoms with Crippen LogP contribution in [0, 0.1) is 11.3 Å². The van der Waals surface area contributed by atoms with Gasteiger partial charge in [-0.2, -0.15) is 5.26 Å². The van der Waals surface area contributed by atoms with Gasteiger partial charge in [-0.3, -0.25) is 0 Å². The summed E-state index contributed by atoms with van der Waals surface area (Å²) in [5.41, 5.74) is 6.73. The molecular formula is C11H9BrN4S. The van der Waals surface area contributed by atoms with E-state index in [1.54, 1.807) is 17.4 Å². The van der Waals surface area contributed by atoms with E-state index in [2.05, 4.69) is 26.2 Å². The van der Waals surface area contributed by atoms with Gasteiger partial charge in [-0.15, -0.1) is 11.3 Å². The summed E-state index contributed by atoms with van der Waals surface area (Å²) in [5, 5.41) is 11.8. The van der Waals surface area contributed by atoms with Crippen LogP contribution >= 0.6 is 27.3 Å². The molecule has 0 spiro atoms.